The number of nitrogens with one attached hydrogen (secondary N) is 2. The number of rotatable bonds is 3. The summed E-state index contributed by atoms with van der Waals surface area (Å²) in [5.41, 5.74) is 2.20. The van der Waals surface area contributed by atoms with Crippen LogP contribution in [0.5, 0.6) is 0 Å². The zero-order valence-corrected chi connectivity index (χ0v) is 18.1. The molecular weight excluding hydrogens is 431 g/mol. The van der Waals surface area contributed by atoms with Crippen molar-refractivity contribution in [2.75, 3.05) is 36.4 Å². The first-order valence-electron chi connectivity index (χ1n) is 9.01. The molecule has 6 nitrogen and oxygen atoms in total. The van der Waals surface area contributed by atoms with E-state index in [9.17, 15) is 9.59 Å². The molecular formula is C20H20Cl2N4O2S. The van der Waals surface area contributed by atoms with Gasteiger partial charge in [-0.3, -0.25) is 14.9 Å². The van der Waals surface area contributed by atoms with Crippen LogP contribution in [0.2, 0.25) is 10.0 Å². The highest BCUT2D eigenvalue weighted by Crippen LogP contribution is 2.23. The van der Waals surface area contributed by atoms with Gasteiger partial charge in [-0.2, -0.15) is 0 Å². The average molecular weight is 451 g/mol. The molecule has 3 rings (SSSR count). The molecule has 1 aliphatic rings. The minimum atomic E-state index is -0.374. The molecule has 0 aromatic heterocycles. The van der Waals surface area contributed by atoms with Crippen LogP contribution in [-0.4, -0.2) is 48.0 Å². The lowest BCUT2D eigenvalue weighted by Crippen LogP contribution is -2.48. The van der Waals surface area contributed by atoms with Crippen molar-refractivity contribution in [1.29, 1.82) is 0 Å². The lowest BCUT2D eigenvalue weighted by Gasteiger charge is -2.35. The van der Waals surface area contributed by atoms with Crippen LogP contribution in [0.15, 0.2) is 42.5 Å². The van der Waals surface area contributed by atoms with Gasteiger partial charge in [-0.05, 0) is 54.7 Å². The maximum absolute atomic E-state index is 12.3. The Morgan fingerprint density at radius 1 is 0.966 bits per heavy atom. The maximum Gasteiger partial charge on any atom is 0.257 e. The van der Waals surface area contributed by atoms with Crippen molar-refractivity contribution in [1.82, 2.24) is 10.2 Å². The summed E-state index contributed by atoms with van der Waals surface area (Å²) in [7, 11) is 0. The van der Waals surface area contributed by atoms with Crippen LogP contribution in [-0.2, 0) is 4.79 Å². The molecule has 0 aliphatic carbocycles. The minimum absolute atomic E-state index is 0.112. The van der Waals surface area contributed by atoms with Gasteiger partial charge in [0.15, 0.2) is 5.11 Å². The second kappa shape index (κ2) is 9.43. The first-order valence-corrected chi connectivity index (χ1v) is 10.2. The van der Waals surface area contributed by atoms with Crippen molar-refractivity contribution in [2.45, 2.75) is 6.92 Å². The highest BCUT2D eigenvalue weighted by molar-refractivity contribution is 7.80. The molecule has 0 atom stereocenters. The van der Waals surface area contributed by atoms with E-state index in [4.69, 9.17) is 35.4 Å². The molecule has 0 saturated carbocycles. The van der Waals surface area contributed by atoms with Crippen molar-refractivity contribution in [2.24, 2.45) is 0 Å². The minimum Gasteiger partial charge on any atom is -0.368 e. The van der Waals surface area contributed by atoms with Crippen molar-refractivity contribution in [3.63, 3.8) is 0 Å². The van der Waals surface area contributed by atoms with E-state index >= 15 is 0 Å². The van der Waals surface area contributed by atoms with Crippen LogP contribution in [0.3, 0.4) is 0 Å². The number of carbonyl (C=O) groups is 2. The number of benzene rings is 2. The summed E-state index contributed by atoms with van der Waals surface area (Å²) in [6.07, 6.45) is 0. The van der Waals surface area contributed by atoms with E-state index in [1.54, 1.807) is 19.1 Å². The van der Waals surface area contributed by atoms with Crippen molar-refractivity contribution >= 4 is 63.7 Å². The average Bonchev–Trinajstić information content (AvgIpc) is 2.70. The number of amides is 2. The van der Waals surface area contributed by atoms with Crippen LogP contribution >= 0.6 is 35.4 Å². The first-order chi connectivity index (χ1) is 13.8. The third-order valence-electron chi connectivity index (χ3n) is 4.62. The highest BCUT2D eigenvalue weighted by Gasteiger charge is 2.18. The predicted molar refractivity (Wildman–Crippen MR) is 121 cm³/mol. The molecule has 1 heterocycles. The number of nitrogens with zero attached hydrogens (tertiary/aromatic N) is 2. The molecule has 2 aromatic rings. The van der Waals surface area contributed by atoms with Gasteiger partial charge in [0.25, 0.3) is 5.91 Å². The van der Waals surface area contributed by atoms with E-state index in [1.165, 1.54) is 6.07 Å². The van der Waals surface area contributed by atoms with E-state index in [1.807, 2.05) is 29.2 Å². The fraction of sp³-hybridized carbons (Fsp3) is 0.250. The zero-order valence-electron chi connectivity index (χ0n) is 15.7. The second-order valence-corrected chi connectivity index (χ2v) is 7.80. The topological polar surface area (TPSA) is 64.7 Å². The molecule has 0 bridgehead atoms. The summed E-state index contributed by atoms with van der Waals surface area (Å²) in [6.45, 7) is 4.63. The van der Waals surface area contributed by atoms with Gasteiger partial charge in [-0.25, -0.2) is 0 Å². The Morgan fingerprint density at radius 3 is 2.21 bits per heavy atom. The van der Waals surface area contributed by atoms with E-state index in [0.717, 1.165) is 37.6 Å². The largest absolute Gasteiger partial charge is 0.368 e. The fourth-order valence-corrected chi connectivity index (χ4v) is 3.52. The predicted octanol–water partition coefficient (Wildman–Crippen LogP) is 3.79. The first kappa shape index (κ1) is 21.4. The van der Waals surface area contributed by atoms with Crippen molar-refractivity contribution in [3.8, 4) is 0 Å². The third kappa shape index (κ3) is 5.59. The molecule has 152 valence electrons. The van der Waals surface area contributed by atoms with Crippen LogP contribution in [0, 0.1) is 0 Å². The standard InChI is InChI=1S/C20H20Cl2N4O2S/c1-13(27)25-8-10-26(11-9-25)16-5-3-15(4-6-16)23-20(29)24-19(28)14-2-7-17(21)18(22)12-14/h2-7,12H,8-11H2,1H3,(H2,23,24,28,29). The summed E-state index contributed by atoms with van der Waals surface area (Å²) in [6, 6.07) is 12.4. The third-order valence-corrected chi connectivity index (χ3v) is 5.57. The van der Waals surface area contributed by atoms with E-state index < -0.39 is 0 Å². The summed E-state index contributed by atoms with van der Waals surface area (Å²) in [4.78, 5) is 27.8. The van der Waals surface area contributed by atoms with E-state index in [2.05, 4.69) is 15.5 Å². The fourth-order valence-electron chi connectivity index (χ4n) is 3.01. The quantitative estimate of drug-likeness (QED) is 0.696. The van der Waals surface area contributed by atoms with E-state index in [-0.39, 0.29) is 16.9 Å². The number of hydrogen-bond acceptors (Lipinski definition) is 4. The Morgan fingerprint density at radius 2 is 1.62 bits per heavy atom. The monoisotopic (exact) mass is 450 g/mol. The Bertz CT molecular complexity index is 929. The normalized spacial score (nSPS) is 13.8. The summed E-state index contributed by atoms with van der Waals surface area (Å²) >= 11 is 17.0. The molecule has 29 heavy (non-hydrogen) atoms. The molecule has 0 spiro atoms. The molecule has 0 unspecified atom stereocenters. The number of carbonyl (C=O) groups excluding carboxylic acids is 2. The number of piperazine rings is 1. The summed E-state index contributed by atoms with van der Waals surface area (Å²) < 4.78 is 0. The van der Waals surface area contributed by atoms with Gasteiger partial charge in [0, 0.05) is 50.0 Å². The molecule has 0 radical (unpaired) electrons. The van der Waals surface area contributed by atoms with Crippen LogP contribution < -0.4 is 15.5 Å². The lowest BCUT2D eigenvalue weighted by atomic mass is 10.2. The van der Waals surface area contributed by atoms with Crippen LogP contribution in [0.1, 0.15) is 17.3 Å². The Balaban J connectivity index is 1.54. The second-order valence-electron chi connectivity index (χ2n) is 6.58. The van der Waals surface area contributed by atoms with Gasteiger partial charge in [-0.15, -0.1) is 0 Å². The van der Waals surface area contributed by atoms with Crippen LogP contribution in [0.4, 0.5) is 11.4 Å². The van der Waals surface area contributed by atoms with Gasteiger partial charge >= 0.3 is 0 Å². The van der Waals surface area contributed by atoms with Crippen LogP contribution in [0.25, 0.3) is 0 Å². The van der Waals surface area contributed by atoms with Gasteiger partial charge in [0.05, 0.1) is 10.0 Å². The van der Waals surface area contributed by atoms with Gasteiger partial charge in [0.2, 0.25) is 5.91 Å². The molecule has 1 aliphatic heterocycles. The SMILES string of the molecule is CC(=O)N1CCN(c2ccc(NC(=S)NC(=O)c3ccc(Cl)c(Cl)c3)cc2)CC1. The summed E-state index contributed by atoms with van der Waals surface area (Å²) in [5.74, 6) is -0.262. The Labute approximate surface area is 184 Å². The van der Waals surface area contributed by atoms with Gasteiger partial charge < -0.3 is 15.1 Å². The summed E-state index contributed by atoms with van der Waals surface area (Å²) in [5, 5.41) is 6.48. The van der Waals surface area contributed by atoms with E-state index in [0.29, 0.717) is 15.6 Å². The lowest BCUT2D eigenvalue weighted by molar-refractivity contribution is -0.129. The molecule has 2 aromatic carbocycles. The molecule has 9 heteroatoms. The molecule has 2 N–H and O–H groups in total. The number of anilines is 2. The number of hydrogen-bond donors (Lipinski definition) is 2. The number of halogens is 2. The van der Waals surface area contributed by atoms with Gasteiger partial charge in [0.1, 0.15) is 0 Å². The highest BCUT2D eigenvalue weighted by atomic mass is 35.5. The molecule has 1 fully saturated rings. The molecule has 2 amide bonds. The van der Waals surface area contributed by atoms with Crippen molar-refractivity contribution in [3.05, 3.63) is 58.1 Å². The zero-order chi connectivity index (χ0) is 21.0. The Hall–Kier alpha value is -2.35. The maximum atomic E-state index is 12.3. The number of thiocarbonyl (C=S) groups is 1. The molecule has 1 saturated heterocycles. The van der Waals surface area contributed by atoms with Crippen molar-refractivity contribution < 1.29 is 9.59 Å². The smallest absolute Gasteiger partial charge is 0.257 e. The Kier molecular flexibility index (Phi) is 6.95. The van der Waals surface area contributed by atoms with Gasteiger partial charge in [-0.1, -0.05) is 23.2 Å².